The van der Waals surface area contributed by atoms with E-state index >= 15 is 0 Å². The first-order valence-corrected chi connectivity index (χ1v) is 6.02. The van der Waals surface area contributed by atoms with Crippen LogP contribution in [0.1, 0.15) is 44.6 Å². The molecule has 0 amide bonds. The normalized spacial score (nSPS) is 24.2. The first kappa shape index (κ1) is 12.5. The number of hydrogen-bond donors (Lipinski definition) is 1. The van der Waals surface area contributed by atoms with Gasteiger partial charge in [0.1, 0.15) is 6.10 Å². The van der Waals surface area contributed by atoms with E-state index in [-0.39, 0.29) is 12.1 Å². The molecule has 1 aliphatic heterocycles. The van der Waals surface area contributed by atoms with Gasteiger partial charge in [0.25, 0.3) is 0 Å². The van der Waals surface area contributed by atoms with E-state index in [1.54, 1.807) is 0 Å². The minimum absolute atomic E-state index is 0.109. The number of rotatable bonds is 3. The highest BCUT2D eigenvalue weighted by molar-refractivity contribution is 4.96. The first-order chi connectivity index (χ1) is 8.08. The highest BCUT2D eigenvalue weighted by Gasteiger charge is 2.27. The fourth-order valence-electron chi connectivity index (χ4n) is 1.86. The van der Waals surface area contributed by atoms with Crippen LogP contribution in [0.5, 0.6) is 0 Å². The van der Waals surface area contributed by atoms with Crippen molar-refractivity contribution < 1.29 is 9.26 Å². The van der Waals surface area contributed by atoms with Gasteiger partial charge in [-0.2, -0.15) is 4.98 Å². The Balaban J connectivity index is 2.05. The summed E-state index contributed by atoms with van der Waals surface area (Å²) in [5.74, 6) is 1.06. The van der Waals surface area contributed by atoms with Gasteiger partial charge >= 0.3 is 0 Å². The molecule has 0 spiro atoms. The summed E-state index contributed by atoms with van der Waals surface area (Å²) >= 11 is 0. The van der Waals surface area contributed by atoms with Crippen LogP contribution in [0.4, 0.5) is 0 Å². The molecule has 2 atom stereocenters. The number of aromatic nitrogens is 2. The average Bonchev–Trinajstić information content (AvgIpc) is 2.78. The van der Waals surface area contributed by atoms with Crippen molar-refractivity contribution in [1.29, 1.82) is 0 Å². The van der Waals surface area contributed by atoms with Crippen LogP contribution in [0.15, 0.2) is 4.52 Å². The van der Waals surface area contributed by atoms with Gasteiger partial charge in [-0.25, -0.2) is 0 Å². The molecule has 0 radical (unpaired) electrons. The van der Waals surface area contributed by atoms with Gasteiger partial charge in [0.05, 0.1) is 12.6 Å². The SMILES string of the molecule is CC(C)N1CCOC(c2noc([C@@H](C)N)n2)C1. The molecule has 0 saturated carbocycles. The van der Waals surface area contributed by atoms with Crippen LogP contribution in [-0.2, 0) is 4.74 Å². The number of nitrogens with zero attached hydrogens (tertiary/aromatic N) is 3. The average molecular weight is 240 g/mol. The highest BCUT2D eigenvalue weighted by Crippen LogP contribution is 2.21. The van der Waals surface area contributed by atoms with Gasteiger partial charge in [-0.3, -0.25) is 4.90 Å². The van der Waals surface area contributed by atoms with E-state index in [4.69, 9.17) is 15.0 Å². The second-order valence-electron chi connectivity index (χ2n) is 4.73. The summed E-state index contributed by atoms with van der Waals surface area (Å²) in [6, 6.07) is 0.266. The van der Waals surface area contributed by atoms with Gasteiger partial charge in [0.15, 0.2) is 0 Å². The van der Waals surface area contributed by atoms with Crippen molar-refractivity contribution in [2.75, 3.05) is 19.7 Å². The number of hydrogen-bond acceptors (Lipinski definition) is 6. The van der Waals surface area contributed by atoms with Crippen molar-refractivity contribution >= 4 is 0 Å². The Morgan fingerprint density at radius 3 is 2.76 bits per heavy atom. The summed E-state index contributed by atoms with van der Waals surface area (Å²) in [6.07, 6.45) is -0.109. The van der Waals surface area contributed by atoms with Gasteiger partial charge in [-0.15, -0.1) is 0 Å². The Morgan fingerprint density at radius 1 is 1.41 bits per heavy atom. The van der Waals surface area contributed by atoms with Crippen LogP contribution in [0.25, 0.3) is 0 Å². The number of ether oxygens (including phenoxy) is 1. The summed E-state index contributed by atoms with van der Waals surface area (Å²) in [4.78, 5) is 6.62. The van der Waals surface area contributed by atoms with Crippen LogP contribution in [-0.4, -0.2) is 40.8 Å². The fourth-order valence-corrected chi connectivity index (χ4v) is 1.86. The molecule has 6 nitrogen and oxygen atoms in total. The molecule has 0 bridgehead atoms. The smallest absolute Gasteiger partial charge is 0.243 e. The van der Waals surface area contributed by atoms with E-state index in [2.05, 4.69) is 28.9 Å². The maximum absolute atomic E-state index is 5.68. The van der Waals surface area contributed by atoms with Crippen LogP contribution in [0.2, 0.25) is 0 Å². The van der Waals surface area contributed by atoms with Crippen molar-refractivity contribution in [3.8, 4) is 0 Å². The van der Waals surface area contributed by atoms with Crippen molar-refractivity contribution in [3.05, 3.63) is 11.7 Å². The molecule has 1 aromatic heterocycles. The summed E-state index contributed by atoms with van der Waals surface area (Å²) in [5.41, 5.74) is 5.68. The van der Waals surface area contributed by atoms with Gasteiger partial charge in [-0.1, -0.05) is 5.16 Å². The molecule has 1 aliphatic rings. The molecular weight excluding hydrogens is 220 g/mol. The lowest BCUT2D eigenvalue weighted by Gasteiger charge is -2.34. The van der Waals surface area contributed by atoms with Crippen molar-refractivity contribution in [1.82, 2.24) is 15.0 Å². The molecule has 0 aliphatic carbocycles. The van der Waals surface area contributed by atoms with Crippen LogP contribution >= 0.6 is 0 Å². The van der Waals surface area contributed by atoms with Gasteiger partial charge < -0.3 is 15.0 Å². The van der Waals surface area contributed by atoms with Crippen molar-refractivity contribution in [3.63, 3.8) is 0 Å². The van der Waals surface area contributed by atoms with Gasteiger partial charge in [-0.05, 0) is 20.8 Å². The quantitative estimate of drug-likeness (QED) is 0.844. The second-order valence-corrected chi connectivity index (χ2v) is 4.73. The van der Waals surface area contributed by atoms with E-state index in [1.165, 1.54) is 0 Å². The van der Waals surface area contributed by atoms with E-state index in [0.717, 1.165) is 13.1 Å². The molecule has 1 fully saturated rings. The van der Waals surface area contributed by atoms with E-state index in [0.29, 0.717) is 24.4 Å². The molecule has 17 heavy (non-hydrogen) atoms. The minimum Gasteiger partial charge on any atom is -0.367 e. The lowest BCUT2D eigenvalue weighted by atomic mass is 10.2. The zero-order valence-corrected chi connectivity index (χ0v) is 10.6. The predicted octanol–water partition coefficient (Wildman–Crippen LogP) is 0.871. The highest BCUT2D eigenvalue weighted by atomic mass is 16.5. The van der Waals surface area contributed by atoms with Crippen molar-refractivity contribution in [2.24, 2.45) is 5.73 Å². The fraction of sp³-hybridized carbons (Fsp3) is 0.818. The third kappa shape index (κ3) is 2.83. The Hall–Kier alpha value is -0.980. The minimum atomic E-state index is -0.235. The molecule has 1 aromatic rings. The molecule has 1 saturated heterocycles. The standard InChI is InChI=1S/C11H20N4O2/c1-7(2)15-4-5-16-9(6-15)10-13-11(8(3)12)17-14-10/h7-9H,4-6,12H2,1-3H3/t8-,9?/m1/s1. The topological polar surface area (TPSA) is 77.4 Å². The molecular formula is C11H20N4O2. The van der Waals surface area contributed by atoms with Gasteiger partial charge in [0.2, 0.25) is 11.7 Å². The number of morpholine rings is 1. The molecule has 2 rings (SSSR count). The Kier molecular flexibility index (Phi) is 3.76. The molecule has 0 aromatic carbocycles. The van der Waals surface area contributed by atoms with Crippen LogP contribution in [0.3, 0.4) is 0 Å². The lowest BCUT2D eigenvalue weighted by Crippen LogP contribution is -2.42. The molecule has 2 heterocycles. The molecule has 1 unspecified atom stereocenters. The maximum Gasteiger partial charge on any atom is 0.243 e. The number of nitrogens with two attached hydrogens (primary N) is 1. The Morgan fingerprint density at radius 2 is 2.18 bits per heavy atom. The van der Waals surface area contributed by atoms with E-state index in [1.807, 2.05) is 6.92 Å². The van der Waals surface area contributed by atoms with Crippen LogP contribution in [0, 0.1) is 0 Å². The van der Waals surface area contributed by atoms with Crippen LogP contribution < -0.4 is 5.73 Å². The zero-order chi connectivity index (χ0) is 12.4. The Bertz CT molecular complexity index is 364. The predicted molar refractivity (Wildman–Crippen MR) is 62.3 cm³/mol. The molecule has 96 valence electrons. The van der Waals surface area contributed by atoms with E-state index < -0.39 is 0 Å². The first-order valence-electron chi connectivity index (χ1n) is 6.02. The summed E-state index contributed by atoms with van der Waals surface area (Å²) < 4.78 is 10.8. The molecule has 6 heteroatoms. The van der Waals surface area contributed by atoms with E-state index in [9.17, 15) is 0 Å². The third-order valence-corrected chi connectivity index (χ3v) is 2.96. The zero-order valence-electron chi connectivity index (χ0n) is 10.6. The summed E-state index contributed by atoms with van der Waals surface area (Å²) in [5, 5.41) is 3.94. The largest absolute Gasteiger partial charge is 0.367 e. The molecule has 2 N–H and O–H groups in total. The summed E-state index contributed by atoms with van der Waals surface area (Å²) in [6.45, 7) is 8.62. The van der Waals surface area contributed by atoms with Crippen molar-refractivity contribution in [2.45, 2.75) is 39.0 Å². The Labute approximate surface area is 101 Å². The second kappa shape index (κ2) is 5.12. The maximum atomic E-state index is 5.68. The monoisotopic (exact) mass is 240 g/mol. The lowest BCUT2D eigenvalue weighted by molar-refractivity contribution is -0.0450. The van der Waals surface area contributed by atoms with Gasteiger partial charge in [0, 0.05) is 19.1 Å². The third-order valence-electron chi connectivity index (χ3n) is 2.96. The summed E-state index contributed by atoms with van der Waals surface area (Å²) in [7, 11) is 0.